The molecule has 2 saturated heterocycles. The normalized spacial score (nSPS) is 31.6. The number of carbonyl (C=O) groups is 1. The Morgan fingerprint density at radius 3 is 2.73 bits per heavy atom. The second-order valence-corrected chi connectivity index (χ2v) is 6.30. The molecule has 116 valence electrons. The highest BCUT2D eigenvalue weighted by Crippen LogP contribution is 2.50. The van der Waals surface area contributed by atoms with Crippen LogP contribution in [0.4, 0.5) is 4.39 Å². The van der Waals surface area contributed by atoms with Gasteiger partial charge in [0.05, 0.1) is 25.1 Å². The van der Waals surface area contributed by atoms with Crippen molar-refractivity contribution in [1.82, 2.24) is 0 Å². The third kappa shape index (κ3) is 2.16. The smallest absolute Gasteiger partial charge is 0.333 e. The van der Waals surface area contributed by atoms with Crippen molar-refractivity contribution in [3.05, 3.63) is 47.8 Å². The molecule has 0 amide bonds. The molecular weight excluding hydrogens is 287 g/mol. The Morgan fingerprint density at radius 1 is 1.32 bits per heavy atom. The van der Waals surface area contributed by atoms with E-state index >= 15 is 0 Å². The number of hydrogen-bond donors (Lipinski definition) is 0. The van der Waals surface area contributed by atoms with Gasteiger partial charge < -0.3 is 14.2 Å². The average molecular weight is 304 g/mol. The summed E-state index contributed by atoms with van der Waals surface area (Å²) < 4.78 is 29.1. The van der Waals surface area contributed by atoms with Crippen LogP contribution >= 0.6 is 0 Å². The van der Waals surface area contributed by atoms with Gasteiger partial charge in [-0.05, 0) is 30.4 Å². The Balaban J connectivity index is 1.66. The molecule has 22 heavy (non-hydrogen) atoms. The van der Waals surface area contributed by atoms with E-state index in [0.717, 1.165) is 25.3 Å². The number of esters is 1. The van der Waals surface area contributed by atoms with E-state index in [9.17, 15) is 9.18 Å². The number of hydrogen-bond acceptors (Lipinski definition) is 4. The SMILES string of the molecule is O=C(/C=C/F)O[C@@H]1[C@@H]2OC[C@H](CC13Cc1ccccc1C3)O2. The van der Waals surface area contributed by atoms with Crippen LogP contribution in [-0.4, -0.2) is 31.1 Å². The van der Waals surface area contributed by atoms with Crippen molar-refractivity contribution in [2.45, 2.75) is 37.8 Å². The molecule has 1 aromatic rings. The van der Waals surface area contributed by atoms with Crippen molar-refractivity contribution in [3.8, 4) is 0 Å². The second-order valence-electron chi connectivity index (χ2n) is 6.30. The monoisotopic (exact) mass is 304 g/mol. The van der Waals surface area contributed by atoms with Crippen LogP contribution in [0.25, 0.3) is 0 Å². The molecule has 2 bridgehead atoms. The Hall–Kier alpha value is -1.72. The van der Waals surface area contributed by atoms with E-state index in [4.69, 9.17) is 14.2 Å². The van der Waals surface area contributed by atoms with Gasteiger partial charge in [-0.25, -0.2) is 9.18 Å². The molecule has 4 nitrogen and oxygen atoms in total. The van der Waals surface area contributed by atoms with E-state index < -0.39 is 18.4 Å². The molecule has 1 aromatic carbocycles. The Bertz CT molecular complexity index is 602. The minimum Gasteiger partial charge on any atom is -0.453 e. The largest absolute Gasteiger partial charge is 0.453 e. The summed E-state index contributed by atoms with van der Waals surface area (Å²) >= 11 is 0. The van der Waals surface area contributed by atoms with Crippen LogP contribution in [0.5, 0.6) is 0 Å². The Labute approximate surface area is 127 Å². The lowest BCUT2D eigenvalue weighted by Gasteiger charge is -2.42. The number of fused-ring (bicyclic) bond motifs is 3. The number of carbonyl (C=O) groups excluding carboxylic acids is 1. The zero-order valence-corrected chi connectivity index (χ0v) is 12.0. The van der Waals surface area contributed by atoms with E-state index in [1.807, 2.05) is 12.1 Å². The molecule has 4 rings (SSSR count). The lowest BCUT2D eigenvalue weighted by Crippen LogP contribution is -2.52. The Kier molecular flexibility index (Phi) is 3.27. The molecule has 0 N–H and O–H groups in total. The third-order valence-electron chi connectivity index (χ3n) is 4.90. The van der Waals surface area contributed by atoms with E-state index in [1.165, 1.54) is 11.1 Å². The molecule has 0 unspecified atom stereocenters. The van der Waals surface area contributed by atoms with E-state index in [-0.39, 0.29) is 17.8 Å². The van der Waals surface area contributed by atoms with Crippen LogP contribution in [0.1, 0.15) is 17.5 Å². The van der Waals surface area contributed by atoms with E-state index in [2.05, 4.69) is 12.1 Å². The maximum atomic E-state index is 12.2. The molecule has 1 aliphatic carbocycles. The minimum absolute atomic E-state index is 0.0472. The second kappa shape index (κ2) is 5.18. The number of halogens is 1. The number of ether oxygens (including phenoxy) is 3. The van der Waals surface area contributed by atoms with Crippen molar-refractivity contribution in [1.29, 1.82) is 0 Å². The van der Waals surface area contributed by atoms with Crippen LogP contribution in [-0.2, 0) is 31.8 Å². The first-order valence-electron chi connectivity index (χ1n) is 7.51. The topological polar surface area (TPSA) is 44.8 Å². The lowest BCUT2D eigenvalue weighted by atomic mass is 9.73. The van der Waals surface area contributed by atoms with Gasteiger partial charge in [-0.3, -0.25) is 0 Å². The van der Waals surface area contributed by atoms with Crippen LogP contribution in [0.3, 0.4) is 0 Å². The molecule has 2 fully saturated rings. The van der Waals surface area contributed by atoms with Gasteiger partial charge in [-0.2, -0.15) is 0 Å². The molecule has 5 heteroatoms. The maximum absolute atomic E-state index is 12.2. The third-order valence-corrected chi connectivity index (χ3v) is 4.90. The van der Waals surface area contributed by atoms with Crippen molar-refractivity contribution in [3.63, 3.8) is 0 Å². The molecule has 3 aliphatic rings. The van der Waals surface area contributed by atoms with Gasteiger partial charge in [0.15, 0.2) is 12.4 Å². The highest BCUT2D eigenvalue weighted by atomic mass is 19.1. The lowest BCUT2D eigenvalue weighted by molar-refractivity contribution is -0.219. The zero-order valence-electron chi connectivity index (χ0n) is 12.0. The van der Waals surface area contributed by atoms with Crippen LogP contribution < -0.4 is 0 Å². The number of rotatable bonds is 2. The van der Waals surface area contributed by atoms with Crippen LogP contribution in [0.2, 0.25) is 0 Å². The van der Waals surface area contributed by atoms with E-state index in [0.29, 0.717) is 6.61 Å². The van der Waals surface area contributed by atoms with Crippen molar-refractivity contribution in [2.24, 2.45) is 5.41 Å². The van der Waals surface area contributed by atoms with Gasteiger partial charge in [0.1, 0.15) is 0 Å². The highest BCUT2D eigenvalue weighted by Gasteiger charge is 2.57. The molecule has 1 spiro atoms. The fourth-order valence-electron chi connectivity index (χ4n) is 4.06. The summed E-state index contributed by atoms with van der Waals surface area (Å²) in [6, 6.07) is 8.27. The van der Waals surface area contributed by atoms with Crippen molar-refractivity contribution >= 4 is 5.97 Å². The van der Waals surface area contributed by atoms with Crippen LogP contribution in [0, 0.1) is 5.41 Å². The van der Waals surface area contributed by atoms with Gasteiger partial charge >= 0.3 is 5.97 Å². The molecule has 2 heterocycles. The molecular formula is C17H17FO4. The van der Waals surface area contributed by atoms with Gasteiger partial charge in [0.25, 0.3) is 0 Å². The summed E-state index contributed by atoms with van der Waals surface area (Å²) in [6.45, 7) is 0.524. The van der Waals surface area contributed by atoms with Gasteiger partial charge in [0.2, 0.25) is 0 Å². The van der Waals surface area contributed by atoms with Gasteiger partial charge in [0, 0.05) is 5.41 Å². The fourth-order valence-corrected chi connectivity index (χ4v) is 4.06. The quantitative estimate of drug-likeness (QED) is 0.621. The van der Waals surface area contributed by atoms with Gasteiger partial charge in [-0.1, -0.05) is 24.3 Å². The van der Waals surface area contributed by atoms with Crippen molar-refractivity contribution in [2.75, 3.05) is 6.61 Å². The van der Waals surface area contributed by atoms with Crippen LogP contribution in [0.15, 0.2) is 36.7 Å². The van der Waals surface area contributed by atoms with Gasteiger partial charge in [-0.15, -0.1) is 0 Å². The summed E-state index contributed by atoms with van der Waals surface area (Å²) in [5.74, 6) is -0.694. The predicted molar refractivity (Wildman–Crippen MR) is 75.6 cm³/mol. The summed E-state index contributed by atoms with van der Waals surface area (Å²) in [6.07, 6.45) is 2.42. The molecule has 2 aliphatic heterocycles. The molecule has 0 radical (unpaired) electrons. The number of benzene rings is 1. The zero-order chi connectivity index (χ0) is 15.2. The molecule has 3 atom stereocenters. The standard InChI is InChI=1S/C17H17FO4/c18-6-5-14(19)22-15-16-20-10-13(21-16)9-17(15)7-11-3-1-2-4-12(11)8-17/h1-6,13,15-16H,7-10H2/b6-5+/t13-,15+,16+/m0/s1. The molecule has 0 saturated carbocycles. The predicted octanol–water partition coefficient (Wildman–Crippen LogP) is 2.31. The summed E-state index contributed by atoms with van der Waals surface area (Å²) in [4.78, 5) is 11.7. The summed E-state index contributed by atoms with van der Waals surface area (Å²) in [5, 5.41) is 0. The first kappa shape index (κ1) is 13.9. The summed E-state index contributed by atoms with van der Waals surface area (Å²) in [7, 11) is 0. The first-order valence-corrected chi connectivity index (χ1v) is 7.51. The fraction of sp³-hybridized carbons (Fsp3) is 0.471. The first-order chi connectivity index (χ1) is 10.7. The Morgan fingerprint density at radius 2 is 2.05 bits per heavy atom. The average Bonchev–Trinajstić information content (AvgIpc) is 3.06. The highest BCUT2D eigenvalue weighted by molar-refractivity contribution is 5.81. The van der Waals surface area contributed by atoms with Crippen molar-refractivity contribution < 1.29 is 23.4 Å². The maximum Gasteiger partial charge on any atom is 0.333 e. The summed E-state index contributed by atoms with van der Waals surface area (Å²) in [5.41, 5.74) is 2.35. The minimum atomic E-state index is -0.694. The molecule has 0 aromatic heterocycles. The van der Waals surface area contributed by atoms with E-state index in [1.54, 1.807) is 0 Å².